The Labute approximate surface area is 121 Å². The Balaban J connectivity index is 2.06. The molecule has 3 heteroatoms. The SMILES string of the molecule is CCCCN(Cc1cc(CNC)co1)c1ccccc1. The number of rotatable bonds is 8. The minimum absolute atomic E-state index is 0.827. The van der Waals surface area contributed by atoms with E-state index in [-0.39, 0.29) is 0 Å². The van der Waals surface area contributed by atoms with Crippen LogP contribution < -0.4 is 10.2 Å². The topological polar surface area (TPSA) is 28.4 Å². The molecule has 0 fully saturated rings. The minimum Gasteiger partial charge on any atom is -0.467 e. The molecule has 2 aromatic rings. The number of hydrogen-bond acceptors (Lipinski definition) is 3. The average Bonchev–Trinajstić information content (AvgIpc) is 2.92. The lowest BCUT2D eigenvalue weighted by Gasteiger charge is -2.23. The maximum Gasteiger partial charge on any atom is 0.123 e. The number of nitrogens with zero attached hydrogens (tertiary/aromatic N) is 1. The van der Waals surface area contributed by atoms with E-state index in [1.54, 1.807) is 0 Å². The normalized spacial score (nSPS) is 10.7. The molecule has 2 rings (SSSR count). The molecule has 108 valence electrons. The molecule has 1 aromatic carbocycles. The molecule has 0 atom stereocenters. The Hall–Kier alpha value is -1.74. The highest BCUT2D eigenvalue weighted by molar-refractivity contribution is 5.46. The van der Waals surface area contributed by atoms with Crippen LogP contribution in [0.4, 0.5) is 5.69 Å². The molecule has 0 radical (unpaired) electrons. The van der Waals surface area contributed by atoms with Crippen molar-refractivity contribution in [2.45, 2.75) is 32.9 Å². The largest absolute Gasteiger partial charge is 0.467 e. The summed E-state index contributed by atoms with van der Waals surface area (Å²) in [5.74, 6) is 1.02. The molecule has 0 aliphatic rings. The van der Waals surface area contributed by atoms with Crippen molar-refractivity contribution in [3.05, 3.63) is 54.0 Å². The van der Waals surface area contributed by atoms with Crippen molar-refractivity contribution in [3.63, 3.8) is 0 Å². The van der Waals surface area contributed by atoms with E-state index in [2.05, 4.69) is 53.5 Å². The van der Waals surface area contributed by atoms with Crippen LogP contribution in [0.25, 0.3) is 0 Å². The van der Waals surface area contributed by atoms with Crippen molar-refractivity contribution in [1.29, 1.82) is 0 Å². The van der Waals surface area contributed by atoms with Gasteiger partial charge in [-0.2, -0.15) is 0 Å². The summed E-state index contributed by atoms with van der Waals surface area (Å²) in [5.41, 5.74) is 2.46. The van der Waals surface area contributed by atoms with Crippen molar-refractivity contribution in [3.8, 4) is 0 Å². The zero-order valence-electron chi connectivity index (χ0n) is 12.4. The fourth-order valence-electron chi connectivity index (χ4n) is 2.28. The molecule has 1 heterocycles. The first kappa shape index (κ1) is 14.7. The van der Waals surface area contributed by atoms with Gasteiger partial charge >= 0.3 is 0 Å². The zero-order valence-corrected chi connectivity index (χ0v) is 12.4. The lowest BCUT2D eigenvalue weighted by molar-refractivity contribution is 0.498. The van der Waals surface area contributed by atoms with Gasteiger partial charge in [0.25, 0.3) is 0 Å². The summed E-state index contributed by atoms with van der Waals surface area (Å²) < 4.78 is 5.67. The summed E-state index contributed by atoms with van der Waals surface area (Å²) in [7, 11) is 1.95. The molecule has 0 bridgehead atoms. The van der Waals surface area contributed by atoms with Gasteiger partial charge < -0.3 is 14.6 Å². The number of hydrogen-bond donors (Lipinski definition) is 1. The highest BCUT2D eigenvalue weighted by Gasteiger charge is 2.09. The van der Waals surface area contributed by atoms with E-state index in [1.807, 2.05) is 13.3 Å². The van der Waals surface area contributed by atoms with Gasteiger partial charge in [-0.05, 0) is 31.7 Å². The van der Waals surface area contributed by atoms with Crippen molar-refractivity contribution in [2.75, 3.05) is 18.5 Å². The number of benzene rings is 1. The van der Waals surface area contributed by atoms with E-state index in [0.29, 0.717) is 0 Å². The molecular weight excluding hydrogens is 248 g/mol. The second-order valence-corrected chi connectivity index (χ2v) is 5.06. The van der Waals surface area contributed by atoms with Gasteiger partial charge in [0.1, 0.15) is 5.76 Å². The van der Waals surface area contributed by atoms with Crippen LogP contribution in [0.5, 0.6) is 0 Å². The number of para-hydroxylation sites is 1. The molecule has 20 heavy (non-hydrogen) atoms. The first-order valence-corrected chi connectivity index (χ1v) is 7.34. The molecule has 0 aliphatic heterocycles. The molecule has 1 aromatic heterocycles. The predicted molar refractivity (Wildman–Crippen MR) is 83.9 cm³/mol. The van der Waals surface area contributed by atoms with E-state index in [9.17, 15) is 0 Å². The second kappa shape index (κ2) is 7.75. The van der Waals surface area contributed by atoms with Crippen molar-refractivity contribution in [1.82, 2.24) is 5.32 Å². The van der Waals surface area contributed by atoms with Gasteiger partial charge in [-0.1, -0.05) is 31.5 Å². The maximum atomic E-state index is 5.67. The van der Waals surface area contributed by atoms with E-state index >= 15 is 0 Å². The number of unbranched alkanes of at least 4 members (excludes halogenated alkanes) is 1. The zero-order chi connectivity index (χ0) is 14.2. The van der Waals surface area contributed by atoms with E-state index in [4.69, 9.17) is 4.42 Å². The fraction of sp³-hybridized carbons (Fsp3) is 0.412. The number of nitrogens with one attached hydrogen (secondary N) is 1. The van der Waals surface area contributed by atoms with Gasteiger partial charge in [0, 0.05) is 24.3 Å². The summed E-state index contributed by atoms with van der Waals surface area (Å²) in [6.45, 7) is 4.96. The Morgan fingerprint density at radius 1 is 1.20 bits per heavy atom. The summed E-state index contributed by atoms with van der Waals surface area (Å²) in [6, 6.07) is 12.7. The Kier molecular flexibility index (Phi) is 5.69. The summed E-state index contributed by atoms with van der Waals surface area (Å²) >= 11 is 0. The second-order valence-electron chi connectivity index (χ2n) is 5.06. The molecule has 0 aliphatic carbocycles. The Morgan fingerprint density at radius 3 is 2.70 bits per heavy atom. The third-order valence-corrected chi connectivity index (χ3v) is 3.34. The van der Waals surface area contributed by atoms with Crippen molar-refractivity contribution < 1.29 is 4.42 Å². The molecular formula is C17H24N2O. The van der Waals surface area contributed by atoms with Crippen molar-refractivity contribution >= 4 is 5.69 Å². The molecule has 0 saturated carbocycles. The summed E-state index contributed by atoms with van der Waals surface area (Å²) in [4.78, 5) is 2.38. The number of furan rings is 1. The molecule has 3 nitrogen and oxygen atoms in total. The molecule has 0 amide bonds. The average molecular weight is 272 g/mol. The predicted octanol–water partition coefficient (Wildman–Crippen LogP) is 3.81. The first-order chi connectivity index (χ1) is 9.83. The third-order valence-electron chi connectivity index (χ3n) is 3.34. The molecule has 1 N–H and O–H groups in total. The highest BCUT2D eigenvalue weighted by atomic mass is 16.3. The van der Waals surface area contributed by atoms with E-state index in [0.717, 1.165) is 25.4 Å². The van der Waals surface area contributed by atoms with Crippen LogP contribution in [0.3, 0.4) is 0 Å². The number of anilines is 1. The van der Waals surface area contributed by atoms with Crippen LogP contribution in [-0.2, 0) is 13.1 Å². The van der Waals surface area contributed by atoms with Crippen LogP contribution in [0.2, 0.25) is 0 Å². The van der Waals surface area contributed by atoms with Crippen LogP contribution in [0.15, 0.2) is 47.1 Å². The lowest BCUT2D eigenvalue weighted by atomic mass is 10.2. The van der Waals surface area contributed by atoms with E-state index in [1.165, 1.54) is 24.1 Å². The van der Waals surface area contributed by atoms with Gasteiger partial charge in [0.2, 0.25) is 0 Å². The van der Waals surface area contributed by atoms with Crippen LogP contribution in [0.1, 0.15) is 31.1 Å². The molecule has 0 spiro atoms. The highest BCUT2D eigenvalue weighted by Crippen LogP contribution is 2.19. The Morgan fingerprint density at radius 2 is 2.00 bits per heavy atom. The standard InChI is InChI=1S/C17H24N2O/c1-3-4-10-19(16-8-6-5-7-9-16)13-17-11-15(12-18-2)14-20-17/h5-9,11,14,18H,3-4,10,12-13H2,1-2H3. The van der Waals surface area contributed by atoms with Crippen molar-refractivity contribution in [2.24, 2.45) is 0 Å². The molecule has 0 unspecified atom stereocenters. The molecule has 0 saturated heterocycles. The van der Waals surface area contributed by atoms with E-state index < -0.39 is 0 Å². The lowest BCUT2D eigenvalue weighted by Crippen LogP contribution is -2.23. The fourth-order valence-corrected chi connectivity index (χ4v) is 2.28. The van der Waals surface area contributed by atoms with Gasteiger partial charge in [0.05, 0.1) is 12.8 Å². The maximum absolute atomic E-state index is 5.67. The van der Waals surface area contributed by atoms with Gasteiger partial charge in [-0.3, -0.25) is 0 Å². The summed E-state index contributed by atoms with van der Waals surface area (Å²) in [5, 5.41) is 3.14. The van der Waals surface area contributed by atoms with Crippen LogP contribution in [0, 0.1) is 0 Å². The smallest absolute Gasteiger partial charge is 0.123 e. The minimum atomic E-state index is 0.827. The first-order valence-electron chi connectivity index (χ1n) is 7.34. The van der Waals surface area contributed by atoms with Gasteiger partial charge in [-0.15, -0.1) is 0 Å². The van der Waals surface area contributed by atoms with Crippen LogP contribution in [-0.4, -0.2) is 13.6 Å². The van der Waals surface area contributed by atoms with Gasteiger partial charge in [0.15, 0.2) is 0 Å². The summed E-state index contributed by atoms with van der Waals surface area (Å²) in [6.07, 6.45) is 4.24. The van der Waals surface area contributed by atoms with Crippen LogP contribution >= 0.6 is 0 Å². The third kappa shape index (κ3) is 4.14. The quantitative estimate of drug-likeness (QED) is 0.792. The van der Waals surface area contributed by atoms with Gasteiger partial charge in [-0.25, -0.2) is 0 Å². The monoisotopic (exact) mass is 272 g/mol. The Bertz CT molecular complexity index is 493.